The monoisotopic (exact) mass is 244 g/mol. The van der Waals surface area contributed by atoms with Gasteiger partial charge in [0.1, 0.15) is 0 Å². The van der Waals surface area contributed by atoms with Crippen LogP contribution >= 0.6 is 0 Å². The fourth-order valence-corrected chi connectivity index (χ4v) is 1.63. The van der Waals surface area contributed by atoms with Gasteiger partial charge in [0.05, 0.1) is 6.20 Å². The number of hydrogen-bond donors (Lipinski definition) is 3. The second kappa shape index (κ2) is 5.97. The predicted octanol–water partition coefficient (Wildman–Crippen LogP) is 1.16. The van der Waals surface area contributed by atoms with E-state index in [1.807, 2.05) is 18.3 Å². The van der Waals surface area contributed by atoms with Crippen LogP contribution in [0, 0.1) is 0 Å². The molecule has 2 rings (SSSR count). The van der Waals surface area contributed by atoms with Crippen LogP contribution in [0.4, 0.5) is 0 Å². The molecule has 1 aromatic carbocycles. The first-order valence-corrected chi connectivity index (χ1v) is 5.89. The van der Waals surface area contributed by atoms with Crippen molar-refractivity contribution in [2.75, 3.05) is 13.1 Å². The number of benzene rings is 1. The molecule has 94 valence electrons. The summed E-state index contributed by atoms with van der Waals surface area (Å²) >= 11 is 0. The van der Waals surface area contributed by atoms with Gasteiger partial charge in [-0.15, -0.1) is 0 Å². The molecule has 0 bridgehead atoms. The Kier molecular flexibility index (Phi) is 4.09. The van der Waals surface area contributed by atoms with Crippen LogP contribution in [0.1, 0.15) is 16.8 Å². The number of amides is 1. The third kappa shape index (κ3) is 2.95. The summed E-state index contributed by atoms with van der Waals surface area (Å²) in [5, 5.41) is 9.47. The number of hydrogen-bond acceptors (Lipinski definition) is 3. The van der Waals surface area contributed by atoms with Gasteiger partial charge < -0.3 is 11.1 Å². The van der Waals surface area contributed by atoms with E-state index in [1.54, 1.807) is 18.3 Å². The standard InChI is InChI=1S/C13H16N4O/c14-6-1-7-15-13(18)11-4-2-10(3-5-11)12-8-16-17-9-12/h2-5,8-9H,1,6-7,14H2,(H,15,18)(H,16,17). The predicted molar refractivity (Wildman–Crippen MR) is 70.0 cm³/mol. The highest BCUT2D eigenvalue weighted by Crippen LogP contribution is 2.17. The van der Waals surface area contributed by atoms with Crippen LogP contribution in [0.25, 0.3) is 11.1 Å². The average Bonchev–Trinajstić information content (AvgIpc) is 2.93. The van der Waals surface area contributed by atoms with Gasteiger partial charge in [0, 0.05) is 23.9 Å². The molecule has 0 saturated heterocycles. The van der Waals surface area contributed by atoms with Gasteiger partial charge in [-0.25, -0.2) is 0 Å². The smallest absolute Gasteiger partial charge is 0.251 e. The summed E-state index contributed by atoms with van der Waals surface area (Å²) in [6.07, 6.45) is 4.35. The van der Waals surface area contributed by atoms with Gasteiger partial charge in [0.2, 0.25) is 0 Å². The van der Waals surface area contributed by atoms with Crippen LogP contribution in [-0.4, -0.2) is 29.2 Å². The van der Waals surface area contributed by atoms with Crippen LogP contribution < -0.4 is 11.1 Å². The SMILES string of the molecule is NCCCNC(=O)c1ccc(-c2cn[nH]c2)cc1. The molecule has 0 aliphatic carbocycles. The van der Waals surface area contributed by atoms with E-state index in [-0.39, 0.29) is 5.91 Å². The number of aromatic amines is 1. The molecule has 2 aromatic rings. The molecular formula is C13H16N4O. The minimum absolute atomic E-state index is 0.0674. The fraction of sp³-hybridized carbons (Fsp3) is 0.231. The summed E-state index contributed by atoms with van der Waals surface area (Å²) < 4.78 is 0. The lowest BCUT2D eigenvalue weighted by Gasteiger charge is -2.04. The molecule has 18 heavy (non-hydrogen) atoms. The lowest BCUT2D eigenvalue weighted by Crippen LogP contribution is -2.25. The molecule has 1 amide bonds. The van der Waals surface area contributed by atoms with Crippen LogP contribution in [-0.2, 0) is 0 Å². The lowest BCUT2D eigenvalue weighted by atomic mass is 10.1. The molecule has 0 saturated carbocycles. The molecule has 4 N–H and O–H groups in total. The number of carbonyl (C=O) groups is 1. The topological polar surface area (TPSA) is 83.8 Å². The van der Waals surface area contributed by atoms with Gasteiger partial charge in [-0.3, -0.25) is 9.89 Å². The molecule has 0 aliphatic heterocycles. The van der Waals surface area contributed by atoms with Gasteiger partial charge in [-0.1, -0.05) is 12.1 Å². The second-order valence-electron chi connectivity index (χ2n) is 3.96. The molecule has 1 heterocycles. The summed E-state index contributed by atoms with van der Waals surface area (Å²) in [5.74, 6) is -0.0674. The van der Waals surface area contributed by atoms with Gasteiger partial charge in [-0.05, 0) is 30.7 Å². The minimum atomic E-state index is -0.0674. The van der Waals surface area contributed by atoms with Crippen LogP contribution in [0.2, 0.25) is 0 Å². The summed E-state index contributed by atoms with van der Waals surface area (Å²) in [6, 6.07) is 7.42. The van der Waals surface area contributed by atoms with E-state index in [4.69, 9.17) is 5.73 Å². The van der Waals surface area contributed by atoms with Crippen molar-refractivity contribution in [2.24, 2.45) is 5.73 Å². The first-order chi connectivity index (χ1) is 8.81. The molecule has 0 radical (unpaired) electrons. The zero-order valence-electron chi connectivity index (χ0n) is 10.0. The summed E-state index contributed by atoms with van der Waals surface area (Å²) in [5.41, 5.74) is 8.05. The van der Waals surface area contributed by atoms with Gasteiger partial charge in [0.15, 0.2) is 0 Å². The second-order valence-corrected chi connectivity index (χ2v) is 3.96. The average molecular weight is 244 g/mol. The first-order valence-electron chi connectivity index (χ1n) is 5.89. The van der Waals surface area contributed by atoms with Crippen molar-refractivity contribution in [2.45, 2.75) is 6.42 Å². The van der Waals surface area contributed by atoms with Crippen molar-refractivity contribution in [1.82, 2.24) is 15.5 Å². The quantitative estimate of drug-likeness (QED) is 0.690. The van der Waals surface area contributed by atoms with Gasteiger partial charge >= 0.3 is 0 Å². The van der Waals surface area contributed by atoms with Crippen LogP contribution in [0.5, 0.6) is 0 Å². The Balaban J connectivity index is 2.01. The molecule has 0 spiro atoms. The molecule has 1 aromatic heterocycles. The van der Waals surface area contributed by atoms with Crippen molar-refractivity contribution in [3.05, 3.63) is 42.2 Å². The molecule has 0 atom stereocenters. The zero-order valence-corrected chi connectivity index (χ0v) is 10.0. The van der Waals surface area contributed by atoms with E-state index in [0.29, 0.717) is 18.7 Å². The maximum Gasteiger partial charge on any atom is 0.251 e. The highest BCUT2D eigenvalue weighted by molar-refractivity contribution is 5.94. The van der Waals surface area contributed by atoms with Gasteiger partial charge in [-0.2, -0.15) is 5.10 Å². The minimum Gasteiger partial charge on any atom is -0.352 e. The Hall–Kier alpha value is -2.14. The Morgan fingerprint density at radius 3 is 2.67 bits per heavy atom. The first kappa shape index (κ1) is 12.3. The number of rotatable bonds is 5. The van der Waals surface area contributed by atoms with E-state index in [9.17, 15) is 4.79 Å². The summed E-state index contributed by atoms with van der Waals surface area (Å²) in [7, 11) is 0. The number of H-pyrrole nitrogens is 1. The number of carbonyl (C=O) groups excluding carboxylic acids is 1. The molecule has 5 nitrogen and oxygen atoms in total. The Morgan fingerprint density at radius 1 is 1.28 bits per heavy atom. The van der Waals surface area contributed by atoms with Gasteiger partial charge in [0.25, 0.3) is 5.91 Å². The van der Waals surface area contributed by atoms with Crippen molar-refractivity contribution < 1.29 is 4.79 Å². The number of nitrogens with zero attached hydrogens (tertiary/aromatic N) is 1. The van der Waals surface area contributed by atoms with E-state index < -0.39 is 0 Å². The highest BCUT2D eigenvalue weighted by Gasteiger charge is 2.05. The van der Waals surface area contributed by atoms with Crippen molar-refractivity contribution in [3.8, 4) is 11.1 Å². The maximum absolute atomic E-state index is 11.7. The highest BCUT2D eigenvalue weighted by atomic mass is 16.1. The number of nitrogens with one attached hydrogen (secondary N) is 2. The zero-order chi connectivity index (χ0) is 12.8. The van der Waals surface area contributed by atoms with Crippen LogP contribution in [0.3, 0.4) is 0 Å². The van der Waals surface area contributed by atoms with E-state index in [2.05, 4.69) is 15.5 Å². The summed E-state index contributed by atoms with van der Waals surface area (Å²) in [4.78, 5) is 11.7. The molecule has 0 unspecified atom stereocenters. The molecule has 0 fully saturated rings. The third-order valence-corrected chi connectivity index (χ3v) is 2.65. The Bertz CT molecular complexity index is 490. The van der Waals surface area contributed by atoms with Crippen molar-refractivity contribution >= 4 is 5.91 Å². The maximum atomic E-state index is 11.7. The molecule has 0 aliphatic rings. The van der Waals surface area contributed by atoms with Crippen molar-refractivity contribution in [3.63, 3.8) is 0 Å². The number of aromatic nitrogens is 2. The third-order valence-electron chi connectivity index (χ3n) is 2.65. The van der Waals surface area contributed by atoms with E-state index in [0.717, 1.165) is 17.5 Å². The number of nitrogens with two attached hydrogens (primary N) is 1. The molecular weight excluding hydrogens is 228 g/mol. The lowest BCUT2D eigenvalue weighted by molar-refractivity contribution is 0.0953. The Morgan fingerprint density at radius 2 is 2.06 bits per heavy atom. The fourth-order valence-electron chi connectivity index (χ4n) is 1.63. The molecule has 5 heteroatoms. The van der Waals surface area contributed by atoms with Crippen LogP contribution in [0.15, 0.2) is 36.7 Å². The Labute approximate surface area is 105 Å². The largest absolute Gasteiger partial charge is 0.352 e. The van der Waals surface area contributed by atoms with Crippen molar-refractivity contribution in [1.29, 1.82) is 0 Å². The van der Waals surface area contributed by atoms with E-state index >= 15 is 0 Å². The van der Waals surface area contributed by atoms with E-state index in [1.165, 1.54) is 0 Å². The normalized spacial score (nSPS) is 10.3. The summed E-state index contributed by atoms with van der Waals surface area (Å²) in [6.45, 7) is 1.19.